The van der Waals surface area contributed by atoms with Gasteiger partial charge in [0.25, 0.3) is 0 Å². The van der Waals surface area contributed by atoms with Crippen molar-refractivity contribution in [3.05, 3.63) is 17.0 Å². The summed E-state index contributed by atoms with van der Waals surface area (Å²) in [5.74, 6) is 0.755. The second-order valence-electron chi connectivity index (χ2n) is 3.11. The normalized spacial score (nSPS) is 14.7. The van der Waals surface area contributed by atoms with Crippen LogP contribution >= 0.6 is 27.7 Å². The molecule has 0 aliphatic carbocycles. The van der Waals surface area contributed by atoms with E-state index in [1.54, 1.807) is 18.0 Å². The second-order valence-corrected chi connectivity index (χ2v) is 5.04. The third-order valence-electron chi connectivity index (χ3n) is 2.07. The molecule has 0 saturated heterocycles. The fourth-order valence-corrected chi connectivity index (χ4v) is 2.12. The summed E-state index contributed by atoms with van der Waals surface area (Å²) < 4.78 is 0.828. The van der Waals surface area contributed by atoms with Crippen molar-refractivity contribution in [2.75, 3.05) is 18.2 Å². The van der Waals surface area contributed by atoms with Crippen LogP contribution in [0.1, 0.15) is 6.92 Å². The summed E-state index contributed by atoms with van der Waals surface area (Å²) in [7, 11) is 0. The van der Waals surface area contributed by atoms with E-state index >= 15 is 0 Å². The van der Waals surface area contributed by atoms with Gasteiger partial charge in [0, 0.05) is 17.5 Å². The molecule has 0 bridgehead atoms. The average Bonchev–Trinajstić information content (AvgIpc) is 2.23. The molecular formula is C9H14BrN3OS. The highest BCUT2D eigenvalue weighted by Crippen LogP contribution is 2.20. The van der Waals surface area contributed by atoms with Crippen molar-refractivity contribution in [1.82, 2.24) is 9.97 Å². The zero-order valence-electron chi connectivity index (χ0n) is 8.64. The van der Waals surface area contributed by atoms with Gasteiger partial charge in [-0.3, -0.25) is 0 Å². The van der Waals surface area contributed by atoms with Gasteiger partial charge in [-0.15, -0.1) is 0 Å². The van der Waals surface area contributed by atoms with Crippen LogP contribution in [0.4, 0.5) is 5.82 Å². The molecule has 84 valence electrons. The van der Waals surface area contributed by atoms with Crippen LogP contribution < -0.4 is 5.32 Å². The van der Waals surface area contributed by atoms with E-state index in [1.807, 2.05) is 13.2 Å². The number of rotatable bonds is 5. The first-order chi connectivity index (χ1) is 7.19. The van der Waals surface area contributed by atoms with Gasteiger partial charge >= 0.3 is 0 Å². The number of hydrogen-bond donors (Lipinski definition) is 2. The van der Waals surface area contributed by atoms with Crippen molar-refractivity contribution < 1.29 is 5.11 Å². The molecule has 15 heavy (non-hydrogen) atoms. The lowest BCUT2D eigenvalue weighted by Gasteiger charge is -2.22. The summed E-state index contributed by atoms with van der Waals surface area (Å²) >= 11 is 4.99. The van der Waals surface area contributed by atoms with Crippen LogP contribution in [0.3, 0.4) is 0 Å². The van der Waals surface area contributed by atoms with Crippen LogP contribution in [0, 0.1) is 0 Å². The Kier molecular flexibility index (Phi) is 5.35. The topological polar surface area (TPSA) is 58.0 Å². The summed E-state index contributed by atoms with van der Waals surface area (Å²) in [4.78, 5) is 7.99. The molecule has 0 aromatic carbocycles. The Bertz CT molecular complexity index is 309. The highest BCUT2D eigenvalue weighted by Gasteiger charge is 2.16. The zero-order chi connectivity index (χ0) is 11.3. The van der Waals surface area contributed by atoms with Gasteiger partial charge in [-0.1, -0.05) is 0 Å². The largest absolute Gasteiger partial charge is 0.395 e. The first kappa shape index (κ1) is 12.7. The molecule has 2 atom stereocenters. The molecule has 4 nitrogen and oxygen atoms in total. The number of halogens is 1. The van der Waals surface area contributed by atoms with Crippen LogP contribution in [0.15, 0.2) is 17.0 Å². The van der Waals surface area contributed by atoms with Crippen molar-refractivity contribution in [3.63, 3.8) is 0 Å². The van der Waals surface area contributed by atoms with Crippen LogP contribution in [-0.4, -0.2) is 39.2 Å². The molecule has 0 spiro atoms. The lowest BCUT2D eigenvalue weighted by Crippen LogP contribution is -2.31. The number of hydrogen-bond acceptors (Lipinski definition) is 5. The van der Waals surface area contributed by atoms with Crippen LogP contribution in [-0.2, 0) is 0 Å². The van der Waals surface area contributed by atoms with Gasteiger partial charge in [-0.05, 0) is 29.1 Å². The van der Waals surface area contributed by atoms with E-state index in [1.165, 1.54) is 6.33 Å². The minimum absolute atomic E-state index is 0.149. The molecule has 0 saturated carbocycles. The van der Waals surface area contributed by atoms with Gasteiger partial charge in [0.15, 0.2) is 0 Å². The van der Waals surface area contributed by atoms with E-state index in [0.29, 0.717) is 0 Å². The number of nitrogens with one attached hydrogen (secondary N) is 1. The highest BCUT2D eigenvalue weighted by molar-refractivity contribution is 9.10. The Morgan fingerprint density at radius 3 is 2.93 bits per heavy atom. The molecule has 6 heteroatoms. The predicted molar refractivity (Wildman–Crippen MR) is 67.2 cm³/mol. The molecule has 2 N–H and O–H groups in total. The Hall–Kier alpha value is -0.330. The number of aliphatic hydroxyl groups is 1. The molecule has 0 aliphatic heterocycles. The standard InChI is InChI=1S/C9H14BrN3OS/c1-6(8(4-14)15-2)13-9-7(10)3-11-5-12-9/h3,5-6,8,14H,4H2,1-2H3,(H,11,12,13). The van der Waals surface area contributed by atoms with E-state index in [2.05, 4.69) is 31.2 Å². The number of thioether (sulfide) groups is 1. The second kappa shape index (κ2) is 6.30. The minimum atomic E-state index is 0.149. The maximum absolute atomic E-state index is 9.14. The van der Waals surface area contributed by atoms with Crippen molar-refractivity contribution in [3.8, 4) is 0 Å². The maximum atomic E-state index is 9.14. The van der Waals surface area contributed by atoms with Crippen molar-refractivity contribution >= 4 is 33.5 Å². The summed E-state index contributed by atoms with van der Waals surface area (Å²) in [6.45, 7) is 2.17. The predicted octanol–water partition coefficient (Wildman–Crippen LogP) is 1.76. The van der Waals surface area contributed by atoms with Gasteiger partial charge in [0.1, 0.15) is 12.1 Å². The van der Waals surface area contributed by atoms with E-state index in [9.17, 15) is 0 Å². The summed E-state index contributed by atoms with van der Waals surface area (Å²) in [5, 5.41) is 12.5. The van der Waals surface area contributed by atoms with Gasteiger partial charge in [-0.25, -0.2) is 9.97 Å². The molecule has 0 aliphatic rings. The van der Waals surface area contributed by atoms with E-state index in [0.717, 1.165) is 10.3 Å². The van der Waals surface area contributed by atoms with Crippen molar-refractivity contribution in [1.29, 1.82) is 0 Å². The van der Waals surface area contributed by atoms with E-state index < -0.39 is 0 Å². The molecule has 0 fully saturated rings. The minimum Gasteiger partial charge on any atom is -0.395 e. The van der Waals surface area contributed by atoms with E-state index in [4.69, 9.17) is 5.11 Å². The van der Waals surface area contributed by atoms with Crippen molar-refractivity contribution in [2.45, 2.75) is 18.2 Å². The number of aliphatic hydroxyl groups excluding tert-OH is 1. The Morgan fingerprint density at radius 1 is 1.67 bits per heavy atom. The molecule has 2 unspecified atom stereocenters. The lowest BCUT2D eigenvalue weighted by molar-refractivity contribution is 0.288. The Labute approximate surface area is 102 Å². The molecule has 1 aromatic rings. The van der Waals surface area contributed by atoms with Gasteiger partial charge in [0.2, 0.25) is 0 Å². The smallest absolute Gasteiger partial charge is 0.143 e. The monoisotopic (exact) mass is 291 g/mol. The SMILES string of the molecule is CSC(CO)C(C)Nc1ncncc1Br. The first-order valence-electron chi connectivity index (χ1n) is 4.54. The number of nitrogens with zero attached hydrogens (tertiary/aromatic N) is 2. The lowest BCUT2D eigenvalue weighted by atomic mass is 10.2. The fraction of sp³-hybridized carbons (Fsp3) is 0.556. The van der Waals surface area contributed by atoms with Crippen LogP contribution in [0.5, 0.6) is 0 Å². The first-order valence-corrected chi connectivity index (χ1v) is 6.62. The summed E-state index contributed by atoms with van der Waals surface area (Å²) in [6, 6.07) is 0.149. The molecular weight excluding hydrogens is 278 g/mol. The summed E-state index contributed by atoms with van der Waals surface area (Å²) in [6.07, 6.45) is 5.16. The average molecular weight is 292 g/mol. The van der Waals surface area contributed by atoms with Crippen molar-refractivity contribution in [2.24, 2.45) is 0 Å². The van der Waals surface area contributed by atoms with Gasteiger partial charge in [-0.2, -0.15) is 11.8 Å². The summed E-state index contributed by atoms with van der Waals surface area (Å²) in [5.41, 5.74) is 0. The van der Waals surface area contributed by atoms with Gasteiger partial charge < -0.3 is 10.4 Å². The zero-order valence-corrected chi connectivity index (χ0v) is 11.0. The highest BCUT2D eigenvalue weighted by atomic mass is 79.9. The number of aromatic nitrogens is 2. The van der Waals surface area contributed by atoms with E-state index in [-0.39, 0.29) is 17.9 Å². The number of anilines is 1. The van der Waals surface area contributed by atoms with Gasteiger partial charge in [0.05, 0.1) is 11.1 Å². The van der Waals surface area contributed by atoms with Crippen LogP contribution in [0.2, 0.25) is 0 Å². The fourth-order valence-electron chi connectivity index (χ4n) is 1.16. The quantitative estimate of drug-likeness (QED) is 0.866. The molecule has 0 amide bonds. The Morgan fingerprint density at radius 2 is 2.40 bits per heavy atom. The molecule has 1 heterocycles. The Balaban J connectivity index is 2.65. The maximum Gasteiger partial charge on any atom is 0.143 e. The molecule has 1 aromatic heterocycles. The molecule has 1 rings (SSSR count). The third-order valence-corrected chi connectivity index (χ3v) is 3.82. The molecule has 0 radical (unpaired) electrons. The van der Waals surface area contributed by atoms with Crippen LogP contribution in [0.25, 0.3) is 0 Å². The third kappa shape index (κ3) is 3.62.